The summed E-state index contributed by atoms with van der Waals surface area (Å²) in [6, 6.07) is 1.69. The fraction of sp³-hybridized carbons (Fsp3) is 0.600. The van der Waals surface area contributed by atoms with Crippen LogP contribution < -0.4 is 20.4 Å². The number of halogens is 3. The van der Waals surface area contributed by atoms with Gasteiger partial charge in [-0.1, -0.05) is 0 Å². The molecule has 0 atom stereocenters. The van der Waals surface area contributed by atoms with E-state index in [0.717, 1.165) is 38.5 Å². The van der Waals surface area contributed by atoms with Gasteiger partial charge in [0.05, 0.1) is 5.56 Å². The SMILES string of the molecule is O=Cc1cnc(NCCNC(=O)CCCC2CCN(c3cc(N4CCCC4)nc(C(F)(F)F)n3)CC2)nc1. The van der Waals surface area contributed by atoms with Crippen molar-refractivity contribution in [2.24, 2.45) is 5.92 Å². The number of alkyl halides is 3. The fourth-order valence-electron chi connectivity index (χ4n) is 4.78. The van der Waals surface area contributed by atoms with Gasteiger partial charge in [-0.05, 0) is 44.4 Å². The van der Waals surface area contributed by atoms with Crippen molar-refractivity contribution in [3.8, 4) is 0 Å². The Morgan fingerprint density at radius 3 is 2.24 bits per heavy atom. The normalized spacial score (nSPS) is 16.5. The molecule has 0 spiro atoms. The van der Waals surface area contributed by atoms with Gasteiger partial charge in [0.25, 0.3) is 0 Å². The largest absolute Gasteiger partial charge is 0.451 e. The number of carbonyl (C=O) groups is 2. The van der Waals surface area contributed by atoms with Gasteiger partial charge < -0.3 is 20.4 Å². The minimum atomic E-state index is -4.59. The Morgan fingerprint density at radius 1 is 1.00 bits per heavy atom. The third-order valence-corrected chi connectivity index (χ3v) is 6.88. The van der Waals surface area contributed by atoms with Crippen LogP contribution in [0.3, 0.4) is 0 Å². The number of rotatable bonds is 11. The van der Waals surface area contributed by atoms with Crippen molar-refractivity contribution in [2.45, 2.75) is 51.1 Å². The highest BCUT2D eigenvalue weighted by Gasteiger charge is 2.37. The number of nitrogens with one attached hydrogen (secondary N) is 2. The first-order chi connectivity index (χ1) is 18.3. The van der Waals surface area contributed by atoms with Crippen LogP contribution in [0.25, 0.3) is 0 Å². The number of amides is 1. The molecule has 0 saturated carbocycles. The van der Waals surface area contributed by atoms with Gasteiger partial charge in [0.15, 0.2) is 6.29 Å². The molecule has 2 N–H and O–H groups in total. The van der Waals surface area contributed by atoms with Crippen LogP contribution in [0.15, 0.2) is 18.5 Å². The fourth-order valence-corrected chi connectivity index (χ4v) is 4.78. The van der Waals surface area contributed by atoms with Crippen LogP contribution in [-0.2, 0) is 11.0 Å². The molecule has 2 aliphatic rings. The molecule has 2 aromatic heterocycles. The van der Waals surface area contributed by atoms with Crippen molar-refractivity contribution < 1.29 is 22.8 Å². The number of aldehydes is 1. The number of anilines is 3. The Kier molecular flexibility index (Phi) is 9.29. The molecule has 4 heterocycles. The predicted octanol–water partition coefficient (Wildman–Crippen LogP) is 3.31. The number of hydrogen-bond donors (Lipinski definition) is 2. The van der Waals surface area contributed by atoms with Gasteiger partial charge in [-0.15, -0.1) is 0 Å². The summed E-state index contributed by atoms with van der Waals surface area (Å²) in [5.74, 6) is 0.395. The Labute approximate surface area is 219 Å². The molecule has 4 rings (SSSR count). The van der Waals surface area contributed by atoms with Gasteiger partial charge in [-0.3, -0.25) is 9.59 Å². The topological polar surface area (TPSA) is 116 Å². The summed E-state index contributed by atoms with van der Waals surface area (Å²) in [5, 5.41) is 5.83. The zero-order chi connectivity index (χ0) is 27.0. The van der Waals surface area contributed by atoms with Crippen molar-refractivity contribution in [3.05, 3.63) is 29.8 Å². The van der Waals surface area contributed by atoms with Crippen molar-refractivity contribution in [1.29, 1.82) is 0 Å². The Balaban J connectivity index is 1.16. The molecule has 13 heteroatoms. The molecule has 206 valence electrons. The summed E-state index contributed by atoms with van der Waals surface area (Å²) >= 11 is 0. The van der Waals surface area contributed by atoms with Crippen molar-refractivity contribution in [3.63, 3.8) is 0 Å². The summed E-state index contributed by atoms with van der Waals surface area (Å²) in [6.07, 6.45) is 4.59. The average Bonchev–Trinajstić information content (AvgIpc) is 3.46. The molecule has 10 nitrogen and oxygen atoms in total. The maximum absolute atomic E-state index is 13.5. The highest BCUT2D eigenvalue weighted by atomic mass is 19.4. The average molecular weight is 535 g/mol. The van der Waals surface area contributed by atoms with Crippen LogP contribution in [-0.4, -0.2) is 71.4 Å². The molecule has 0 aliphatic carbocycles. The van der Waals surface area contributed by atoms with Crippen LogP contribution in [0.4, 0.5) is 30.8 Å². The van der Waals surface area contributed by atoms with Gasteiger partial charge in [0.1, 0.15) is 11.6 Å². The number of piperidine rings is 1. The third kappa shape index (κ3) is 7.75. The molecular weight excluding hydrogens is 501 g/mol. The molecule has 38 heavy (non-hydrogen) atoms. The van der Waals surface area contributed by atoms with E-state index >= 15 is 0 Å². The Morgan fingerprint density at radius 2 is 1.63 bits per heavy atom. The van der Waals surface area contributed by atoms with Gasteiger partial charge in [0, 0.05) is 64.1 Å². The zero-order valence-corrected chi connectivity index (χ0v) is 21.2. The minimum absolute atomic E-state index is 0.0310. The number of aromatic nitrogens is 4. The lowest BCUT2D eigenvalue weighted by Gasteiger charge is -2.33. The molecule has 0 unspecified atom stereocenters. The molecule has 2 fully saturated rings. The van der Waals surface area contributed by atoms with Crippen LogP contribution >= 0.6 is 0 Å². The van der Waals surface area contributed by atoms with E-state index in [-0.39, 0.29) is 5.91 Å². The molecule has 1 amide bonds. The van der Waals surface area contributed by atoms with Crippen molar-refractivity contribution in [1.82, 2.24) is 25.3 Å². The van der Waals surface area contributed by atoms with E-state index < -0.39 is 12.0 Å². The second kappa shape index (κ2) is 12.8. The Bertz CT molecular complexity index is 1070. The summed E-state index contributed by atoms with van der Waals surface area (Å²) in [4.78, 5) is 42.2. The quantitative estimate of drug-likeness (QED) is 0.331. The lowest BCUT2D eigenvalue weighted by Crippen LogP contribution is -2.35. The minimum Gasteiger partial charge on any atom is -0.356 e. The van der Waals surface area contributed by atoms with Gasteiger partial charge in [0.2, 0.25) is 17.7 Å². The molecule has 2 saturated heterocycles. The van der Waals surface area contributed by atoms with E-state index in [4.69, 9.17) is 0 Å². The number of nitrogens with zero attached hydrogens (tertiary/aromatic N) is 6. The molecule has 0 aromatic carbocycles. The smallest absolute Gasteiger partial charge is 0.356 e. The second-order valence-electron chi connectivity index (χ2n) is 9.66. The van der Waals surface area contributed by atoms with Gasteiger partial charge >= 0.3 is 6.18 Å². The summed E-state index contributed by atoms with van der Waals surface area (Å²) in [5.41, 5.74) is 0.394. The first-order valence-corrected chi connectivity index (χ1v) is 13.1. The summed E-state index contributed by atoms with van der Waals surface area (Å²) < 4.78 is 40.4. The number of carbonyl (C=O) groups excluding carboxylic acids is 2. The van der Waals surface area contributed by atoms with E-state index in [1.165, 1.54) is 12.4 Å². The summed E-state index contributed by atoms with van der Waals surface area (Å²) in [6.45, 7) is 3.57. The summed E-state index contributed by atoms with van der Waals surface area (Å²) in [7, 11) is 0. The monoisotopic (exact) mass is 534 g/mol. The third-order valence-electron chi connectivity index (χ3n) is 6.88. The highest BCUT2D eigenvalue weighted by Crippen LogP contribution is 2.33. The lowest BCUT2D eigenvalue weighted by molar-refractivity contribution is -0.144. The van der Waals surface area contributed by atoms with E-state index in [0.29, 0.717) is 81.0 Å². The first kappa shape index (κ1) is 27.5. The van der Waals surface area contributed by atoms with Crippen LogP contribution in [0, 0.1) is 5.92 Å². The molecule has 0 bridgehead atoms. The molecule has 2 aromatic rings. The highest BCUT2D eigenvalue weighted by molar-refractivity contribution is 5.75. The first-order valence-electron chi connectivity index (χ1n) is 13.1. The molecule has 0 radical (unpaired) electrons. The van der Waals surface area contributed by atoms with E-state index in [9.17, 15) is 22.8 Å². The maximum atomic E-state index is 13.5. The van der Waals surface area contributed by atoms with Crippen LogP contribution in [0.1, 0.15) is 61.1 Å². The predicted molar refractivity (Wildman–Crippen MR) is 136 cm³/mol. The second-order valence-corrected chi connectivity index (χ2v) is 9.66. The standard InChI is InChI=1S/C25H33F3N8O2/c26-25(27,28)23-33-20(35-10-1-2-11-35)14-21(34-23)36-12-6-18(7-13-36)4-3-5-22(38)29-8-9-30-24-31-15-19(17-37)16-32-24/h14-18H,1-13H2,(H,29,38)(H,30,31,32). The van der Waals surface area contributed by atoms with Gasteiger partial charge in [-0.25, -0.2) is 19.9 Å². The number of hydrogen-bond acceptors (Lipinski definition) is 9. The van der Waals surface area contributed by atoms with E-state index in [1.807, 2.05) is 9.80 Å². The van der Waals surface area contributed by atoms with Crippen LogP contribution in [0.2, 0.25) is 0 Å². The molecular formula is C25H33F3N8O2. The lowest BCUT2D eigenvalue weighted by atomic mass is 9.91. The van der Waals surface area contributed by atoms with E-state index in [1.54, 1.807) is 6.07 Å². The van der Waals surface area contributed by atoms with Crippen molar-refractivity contribution >= 4 is 29.8 Å². The zero-order valence-electron chi connectivity index (χ0n) is 21.2. The van der Waals surface area contributed by atoms with Crippen molar-refractivity contribution in [2.75, 3.05) is 54.4 Å². The maximum Gasteiger partial charge on any atom is 0.451 e. The van der Waals surface area contributed by atoms with Crippen LogP contribution in [0.5, 0.6) is 0 Å². The van der Waals surface area contributed by atoms with Gasteiger partial charge in [-0.2, -0.15) is 13.2 Å². The molecule has 2 aliphatic heterocycles. The van der Waals surface area contributed by atoms with E-state index in [2.05, 4.69) is 30.6 Å². The Hall–Kier alpha value is -3.51.